The molecule has 0 aliphatic heterocycles. The van der Waals surface area contributed by atoms with Gasteiger partial charge in [-0.15, -0.1) is 5.10 Å². The van der Waals surface area contributed by atoms with Crippen LogP contribution in [0.4, 0.5) is 0 Å². The van der Waals surface area contributed by atoms with E-state index in [9.17, 15) is 9.90 Å². The Bertz CT molecular complexity index is 458. The van der Waals surface area contributed by atoms with Gasteiger partial charge in [0, 0.05) is 12.5 Å². The van der Waals surface area contributed by atoms with E-state index in [2.05, 4.69) is 10.3 Å². The Hall–Kier alpha value is -1.43. The maximum absolute atomic E-state index is 11.8. The molecule has 106 valence electrons. The molecule has 1 aromatic heterocycles. The Morgan fingerprint density at radius 1 is 1.53 bits per heavy atom. The van der Waals surface area contributed by atoms with E-state index in [1.807, 2.05) is 0 Å². The quantitative estimate of drug-likeness (QED) is 0.790. The lowest BCUT2D eigenvalue weighted by Gasteiger charge is -2.17. The van der Waals surface area contributed by atoms with E-state index >= 15 is 0 Å². The van der Waals surface area contributed by atoms with Crippen LogP contribution < -0.4 is 0 Å². The summed E-state index contributed by atoms with van der Waals surface area (Å²) in [7, 11) is 0. The number of aromatic nitrogens is 3. The maximum Gasteiger partial charge on any atom is 0.360 e. The van der Waals surface area contributed by atoms with Crippen molar-refractivity contribution in [3.05, 3.63) is 11.4 Å². The highest BCUT2D eigenvalue weighted by molar-refractivity contribution is 5.88. The summed E-state index contributed by atoms with van der Waals surface area (Å²) in [5.74, 6) is -0.0462. The second-order valence-corrected chi connectivity index (χ2v) is 5.60. The summed E-state index contributed by atoms with van der Waals surface area (Å²) in [6.45, 7) is 6.18. The minimum absolute atomic E-state index is 0.333. The lowest BCUT2D eigenvalue weighted by molar-refractivity contribution is 0.0518. The third kappa shape index (κ3) is 3.53. The molecule has 2 rings (SSSR count). The molecule has 0 aromatic carbocycles. The zero-order chi connectivity index (χ0) is 14.0. The number of carbonyl (C=O) groups is 1. The number of rotatable bonds is 6. The zero-order valence-electron chi connectivity index (χ0n) is 11.7. The molecule has 1 fully saturated rings. The van der Waals surface area contributed by atoms with Gasteiger partial charge in [0.25, 0.3) is 0 Å². The fourth-order valence-electron chi connectivity index (χ4n) is 1.97. The van der Waals surface area contributed by atoms with Crippen molar-refractivity contribution in [1.29, 1.82) is 0 Å². The Labute approximate surface area is 112 Å². The van der Waals surface area contributed by atoms with Crippen molar-refractivity contribution in [3.63, 3.8) is 0 Å². The van der Waals surface area contributed by atoms with Gasteiger partial charge in [-0.2, -0.15) is 0 Å². The average Bonchev–Trinajstić information content (AvgIpc) is 3.05. The first kappa shape index (κ1) is 14.0. The van der Waals surface area contributed by atoms with Crippen molar-refractivity contribution < 1.29 is 14.6 Å². The lowest BCUT2D eigenvalue weighted by atomic mass is 10.1. The van der Waals surface area contributed by atoms with E-state index in [4.69, 9.17) is 4.74 Å². The fraction of sp³-hybridized carbons (Fsp3) is 0.769. The number of esters is 1. The van der Waals surface area contributed by atoms with E-state index in [0.29, 0.717) is 31.2 Å². The van der Waals surface area contributed by atoms with Gasteiger partial charge in [-0.05, 0) is 40.0 Å². The van der Waals surface area contributed by atoms with Crippen LogP contribution >= 0.6 is 0 Å². The van der Waals surface area contributed by atoms with Gasteiger partial charge in [0.1, 0.15) is 0 Å². The predicted molar refractivity (Wildman–Crippen MR) is 68.9 cm³/mol. The average molecular weight is 267 g/mol. The summed E-state index contributed by atoms with van der Waals surface area (Å²) < 4.78 is 6.74. The van der Waals surface area contributed by atoms with E-state index in [1.165, 1.54) is 0 Å². The Balaban J connectivity index is 2.17. The van der Waals surface area contributed by atoms with E-state index in [0.717, 1.165) is 18.5 Å². The van der Waals surface area contributed by atoms with E-state index < -0.39 is 11.6 Å². The Morgan fingerprint density at radius 3 is 2.74 bits per heavy atom. The fourth-order valence-corrected chi connectivity index (χ4v) is 1.97. The largest absolute Gasteiger partial charge is 0.461 e. The first-order chi connectivity index (χ1) is 8.92. The first-order valence-corrected chi connectivity index (χ1v) is 6.75. The summed E-state index contributed by atoms with van der Waals surface area (Å²) in [5.41, 5.74) is 0.444. The highest BCUT2D eigenvalue weighted by Crippen LogP contribution is 2.41. The van der Waals surface area contributed by atoms with Crippen LogP contribution in [0, 0.1) is 0 Å². The third-order valence-electron chi connectivity index (χ3n) is 3.14. The summed E-state index contributed by atoms with van der Waals surface area (Å²) >= 11 is 0. The number of aryl methyl sites for hydroxylation is 1. The standard InChI is InChI=1S/C13H21N3O3/c1-4-19-12(17)10-11(9-5-6-9)16(15-14-10)8-7-13(2,3)18/h9,18H,4-8H2,1-3H3. The van der Waals surface area contributed by atoms with Crippen LogP contribution in [-0.4, -0.2) is 38.3 Å². The van der Waals surface area contributed by atoms with Crippen molar-refractivity contribution >= 4 is 5.97 Å². The minimum atomic E-state index is -0.753. The van der Waals surface area contributed by atoms with Crippen molar-refractivity contribution in [1.82, 2.24) is 15.0 Å². The number of ether oxygens (including phenoxy) is 1. The van der Waals surface area contributed by atoms with Crippen molar-refractivity contribution in [2.75, 3.05) is 6.61 Å². The van der Waals surface area contributed by atoms with Gasteiger partial charge >= 0.3 is 5.97 Å². The molecule has 6 heteroatoms. The van der Waals surface area contributed by atoms with Gasteiger partial charge < -0.3 is 9.84 Å². The number of carbonyl (C=O) groups excluding carboxylic acids is 1. The third-order valence-corrected chi connectivity index (χ3v) is 3.14. The number of hydrogen-bond donors (Lipinski definition) is 1. The van der Waals surface area contributed by atoms with Gasteiger partial charge in [0.15, 0.2) is 5.69 Å². The molecule has 1 aliphatic rings. The SMILES string of the molecule is CCOC(=O)c1nnn(CCC(C)(C)O)c1C1CC1. The molecule has 1 saturated carbocycles. The van der Waals surface area contributed by atoms with E-state index in [-0.39, 0.29) is 0 Å². The molecule has 0 spiro atoms. The molecule has 0 radical (unpaired) electrons. The van der Waals surface area contributed by atoms with E-state index in [1.54, 1.807) is 25.5 Å². The van der Waals surface area contributed by atoms with Gasteiger partial charge in [-0.25, -0.2) is 9.48 Å². The van der Waals surface area contributed by atoms with Gasteiger partial charge in [-0.1, -0.05) is 5.21 Å². The van der Waals surface area contributed by atoms with Crippen LogP contribution in [-0.2, 0) is 11.3 Å². The monoisotopic (exact) mass is 267 g/mol. The van der Waals surface area contributed by atoms with Crippen LogP contribution in [0.15, 0.2) is 0 Å². The van der Waals surface area contributed by atoms with Crippen LogP contribution in [0.3, 0.4) is 0 Å². The summed E-state index contributed by atoms with van der Waals surface area (Å²) in [6, 6.07) is 0. The molecule has 0 saturated heterocycles. The molecule has 1 heterocycles. The second kappa shape index (κ2) is 5.28. The molecule has 0 atom stereocenters. The molecule has 6 nitrogen and oxygen atoms in total. The zero-order valence-corrected chi connectivity index (χ0v) is 11.7. The van der Waals surface area contributed by atoms with Gasteiger partial charge in [0.05, 0.1) is 17.9 Å². The van der Waals surface area contributed by atoms with Crippen molar-refractivity contribution in [3.8, 4) is 0 Å². The smallest absolute Gasteiger partial charge is 0.360 e. The van der Waals surface area contributed by atoms with Gasteiger partial charge in [-0.3, -0.25) is 0 Å². The Morgan fingerprint density at radius 2 is 2.21 bits per heavy atom. The van der Waals surface area contributed by atoms with Crippen molar-refractivity contribution in [2.45, 2.75) is 58.1 Å². The molecule has 1 aromatic rings. The second-order valence-electron chi connectivity index (χ2n) is 5.60. The van der Waals surface area contributed by atoms with Crippen LogP contribution in [0.5, 0.6) is 0 Å². The minimum Gasteiger partial charge on any atom is -0.461 e. The normalized spacial score (nSPS) is 15.6. The molecular formula is C13H21N3O3. The predicted octanol–water partition coefficient (Wildman–Crippen LogP) is 1.49. The van der Waals surface area contributed by atoms with Crippen LogP contribution in [0.25, 0.3) is 0 Å². The highest BCUT2D eigenvalue weighted by atomic mass is 16.5. The lowest BCUT2D eigenvalue weighted by Crippen LogP contribution is -2.22. The Kier molecular flexibility index (Phi) is 3.89. The molecular weight excluding hydrogens is 246 g/mol. The molecule has 0 amide bonds. The van der Waals surface area contributed by atoms with Gasteiger partial charge in [0.2, 0.25) is 0 Å². The maximum atomic E-state index is 11.8. The summed E-state index contributed by atoms with van der Waals surface area (Å²) in [4.78, 5) is 11.8. The van der Waals surface area contributed by atoms with Crippen molar-refractivity contribution in [2.24, 2.45) is 0 Å². The first-order valence-electron chi connectivity index (χ1n) is 6.75. The molecule has 19 heavy (non-hydrogen) atoms. The molecule has 1 N–H and O–H groups in total. The highest BCUT2D eigenvalue weighted by Gasteiger charge is 2.34. The molecule has 1 aliphatic carbocycles. The molecule has 0 unspecified atom stereocenters. The van der Waals surface area contributed by atoms with Crippen LogP contribution in [0.1, 0.15) is 62.1 Å². The summed E-state index contributed by atoms with van der Waals surface area (Å²) in [6.07, 6.45) is 2.68. The number of nitrogens with zero attached hydrogens (tertiary/aromatic N) is 3. The molecule has 0 bridgehead atoms. The number of aliphatic hydroxyl groups is 1. The van der Waals surface area contributed by atoms with Crippen LogP contribution in [0.2, 0.25) is 0 Å². The number of hydrogen-bond acceptors (Lipinski definition) is 5. The summed E-state index contributed by atoms with van der Waals surface area (Å²) in [5, 5.41) is 17.8. The topological polar surface area (TPSA) is 77.2 Å².